The van der Waals surface area contributed by atoms with Gasteiger partial charge in [0.05, 0.1) is 0 Å². The largest absolute Gasteiger partial charge is 0.113 e. The predicted molar refractivity (Wildman–Crippen MR) is 351 cm³/mol. The molecule has 80 heavy (non-hydrogen) atoms. The van der Waals surface area contributed by atoms with Gasteiger partial charge in [0.25, 0.3) is 0 Å². The average molecular weight is 1050 g/mol. The van der Waals surface area contributed by atoms with Crippen molar-refractivity contribution >= 4 is 90.8 Å². The summed E-state index contributed by atoms with van der Waals surface area (Å²) in [6.45, 7) is 10.3. The highest BCUT2D eigenvalue weighted by Crippen LogP contribution is 2.47. The molecule has 0 fully saturated rings. The standard InChI is InChI=1S/C78H56Si2/c1-79(2)69-45-46-70-78-68(58-42-40-56(48-72(58)80(70,3)4)50-33-37-54(38-34-50)76-65-29-17-13-25-61(65)74(52-21-9-6-10-22-52)62-26-14-18-30-66(62)76)44-43-67(77(69)78)57-41-39-55(47-71(57)79)49-31-35-53(36-32-49)75-63-27-15-11-23-59(63)73(51-19-7-5-8-20-51)60-24-12-16-28-64(60)75/h5-48H,1-4H3. The second-order valence-corrected chi connectivity index (χ2v) is 32.1. The van der Waals surface area contributed by atoms with Crippen molar-refractivity contribution in [1.82, 2.24) is 0 Å². The summed E-state index contributed by atoms with van der Waals surface area (Å²) < 4.78 is 0. The summed E-state index contributed by atoms with van der Waals surface area (Å²) in [5, 5.41) is 19.4. The van der Waals surface area contributed by atoms with Gasteiger partial charge in [-0.1, -0.05) is 293 Å². The van der Waals surface area contributed by atoms with E-state index in [1.54, 1.807) is 10.4 Å². The second-order valence-electron chi connectivity index (χ2n) is 23.4. The number of rotatable bonds is 6. The minimum absolute atomic E-state index is 1.24. The summed E-state index contributed by atoms with van der Waals surface area (Å²) in [6.07, 6.45) is 0. The fourth-order valence-electron chi connectivity index (χ4n) is 14.6. The lowest BCUT2D eigenvalue weighted by Gasteiger charge is -2.39. The van der Waals surface area contributed by atoms with Crippen molar-refractivity contribution in [1.29, 1.82) is 0 Å². The molecule has 2 heteroatoms. The van der Waals surface area contributed by atoms with E-state index >= 15 is 0 Å². The van der Waals surface area contributed by atoms with Crippen LogP contribution in [0.1, 0.15) is 0 Å². The summed E-state index contributed by atoms with van der Waals surface area (Å²) in [7, 11) is -4.35. The number of hydrogen-bond donors (Lipinski definition) is 0. The van der Waals surface area contributed by atoms with Gasteiger partial charge in [-0.25, -0.2) is 0 Å². The fourth-order valence-corrected chi connectivity index (χ4v) is 20.8. The molecule has 0 unspecified atom stereocenters. The van der Waals surface area contributed by atoms with Crippen LogP contribution in [0.15, 0.2) is 267 Å². The zero-order chi connectivity index (χ0) is 53.4. The van der Waals surface area contributed by atoms with Crippen LogP contribution in [0.3, 0.4) is 0 Å². The molecule has 376 valence electrons. The molecule has 0 aliphatic carbocycles. The Kier molecular flexibility index (Phi) is 10.3. The third-order valence-corrected chi connectivity index (χ3v) is 25.5. The van der Waals surface area contributed by atoms with Crippen molar-refractivity contribution < 1.29 is 0 Å². The molecule has 0 bridgehead atoms. The molecule has 2 aliphatic rings. The average Bonchev–Trinajstić information content (AvgIpc) is 3.68. The third kappa shape index (κ3) is 6.86. The first kappa shape index (κ1) is 46.9. The van der Waals surface area contributed by atoms with Crippen LogP contribution in [0.25, 0.3) is 143 Å². The molecule has 16 rings (SSSR count). The molecule has 0 spiro atoms. The Morgan fingerprint density at radius 1 is 0.188 bits per heavy atom. The predicted octanol–water partition coefficient (Wildman–Crippen LogP) is 19.1. The fraction of sp³-hybridized carbons (Fsp3) is 0.0513. The second kappa shape index (κ2) is 17.7. The van der Waals surface area contributed by atoms with Crippen LogP contribution in [0.5, 0.6) is 0 Å². The number of benzene rings is 14. The van der Waals surface area contributed by atoms with E-state index in [1.165, 1.54) is 153 Å². The first-order valence-electron chi connectivity index (χ1n) is 28.3. The van der Waals surface area contributed by atoms with Gasteiger partial charge in [0, 0.05) is 0 Å². The molecule has 0 saturated heterocycles. The molecule has 14 aromatic rings. The molecule has 0 radical (unpaired) electrons. The molecule has 0 amide bonds. The van der Waals surface area contributed by atoms with E-state index < -0.39 is 16.1 Å². The third-order valence-electron chi connectivity index (χ3n) is 18.5. The van der Waals surface area contributed by atoms with Crippen molar-refractivity contribution in [2.24, 2.45) is 0 Å². The zero-order valence-electron chi connectivity index (χ0n) is 45.4. The quantitative estimate of drug-likeness (QED) is 0.115. The van der Waals surface area contributed by atoms with Crippen LogP contribution in [0, 0.1) is 0 Å². The van der Waals surface area contributed by atoms with Gasteiger partial charge in [0.1, 0.15) is 16.1 Å². The van der Waals surface area contributed by atoms with Crippen LogP contribution in [-0.4, -0.2) is 16.1 Å². The van der Waals surface area contributed by atoms with Gasteiger partial charge in [-0.3, -0.25) is 0 Å². The molecule has 0 aromatic heterocycles. The van der Waals surface area contributed by atoms with E-state index in [-0.39, 0.29) is 0 Å². The highest BCUT2D eigenvalue weighted by molar-refractivity contribution is 7.05. The normalized spacial score (nSPS) is 13.7. The van der Waals surface area contributed by atoms with Crippen molar-refractivity contribution in [3.05, 3.63) is 267 Å². The van der Waals surface area contributed by atoms with E-state index in [2.05, 4.69) is 293 Å². The summed E-state index contributed by atoms with van der Waals surface area (Å²) in [6, 6.07) is 101. The topological polar surface area (TPSA) is 0 Å². The summed E-state index contributed by atoms with van der Waals surface area (Å²) in [5.41, 5.74) is 20.8. The van der Waals surface area contributed by atoms with Gasteiger partial charge in [0.15, 0.2) is 0 Å². The van der Waals surface area contributed by atoms with Gasteiger partial charge >= 0.3 is 0 Å². The van der Waals surface area contributed by atoms with E-state index in [1.807, 2.05) is 0 Å². The van der Waals surface area contributed by atoms with Crippen molar-refractivity contribution in [3.63, 3.8) is 0 Å². The summed E-state index contributed by atoms with van der Waals surface area (Å²) in [4.78, 5) is 0. The SMILES string of the molecule is C[Si]1(C)c2cc(-c3ccc(-c4c5ccccc5c(-c5ccccc5)c5ccccc45)cc3)ccc2-c2ccc3c4c(ccc1c24)[Si](C)(C)c1cc(-c2ccc(-c4c5ccccc5c(-c5ccccc5)c5ccccc45)cc2)ccc1-3. The van der Waals surface area contributed by atoms with Crippen LogP contribution in [0.4, 0.5) is 0 Å². The highest BCUT2D eigenvalue weighted by atomic mass is 28.3. The van der Waals surface area contributed by atoms with E-state index in [0.717, 1.165) is 0 Å². The van der Waals surface area contributed by atoms with Gasteiger partial charge in [0.2, 0.25) is 0 Å². The Morgan fingerprint density at radius 3 is 0.725 bits per heavy atom. The first-order valence-corrected chi connectivity index (χ1v) is 34.3. The van der Waals surface area contributed by atoms with Crippen LogP contribution < -0.4 is 20.7 Å². The summed E-state index contributed by atoms with van der Waals surface area (Å²) in [5.74, 6) is 0. The Balaban J connectivity index is 0.752. The van der Waals surface area contributed by atoms with Crippen LogP contribution in [0.2, 0.25) is 26.2 Å². The first-order chi connectivity index (χ1) is 39.2. The van der Waals surface area contributed by atoms with Gasteiger partial charge in [-0.15, -0.1) is 0 Å². The molecule has 14 aromatic carbocycles. The minimum atomic E-state index is -2.17. The maximum atomic E-state index is 2.59. The molecular weight excluding hydrogens is 993 g/mol. The monoisotopic (exact) mass is 1050 g/mol. The van der Waals surface area contributed by atoms with Gasteiger partial charge in [-0.05, 0) is 164 Å². The zero-order valence-corrected chi connectivity index (χ0v) is 47.4. The lowest BCUT2D eigenvalue weighted by atomic mass is 9.85. The maximum absolute atomic E-state index is 2.59. The van der Waals surface area contributed by atoms with Crippen molar-refractivity contribution in [2.45, 2.75) is 26.2 Å². The van der Waals surface area contributed by atoms with Crippen molar-refractivity contribution in [3.8, 4) is 89.0 Å². The van der Waals surface area contributed by atoms with E-state index in [0.29, 0.717) is 0 Å². The minimum Gasteiger partial charge on any atom is -0.0622 e. The lowest BCUT2D eigenvalue weighted by Crippen LogP contribution is -2.59. The maximum Gasteiger partial charge on any atom is 0.113 e. The number of hydrogen-bond acceptors (Lipinski definition) is 0. The Bertz CT molecular complexity index is 4470. The van der Waals surface area contributed by atoms with Gasteiger partial charge in [-0.2, -0.15) is 0 Å². The highest BCUT2D eigenvalue weighted by Gasteiger charge is 2.41. The Morgan fingerprint density at radius 2 is 0.425 bits per heavy atom. The molecule has 0 N–H and O–H groups in total. The molecule has 0 atom stereocenters. The van der Waals surface area contributed by atoms with Gasteiger partial charge < -0.3 is 0 Å². The summed E-state index contributed by atoms with van der Waals surface area (Å²) >= 11 is 0. The molecule has 0 nitrogen and oxygen atoms in total. The number of fused-ring (bicyclic) bond motifs is 8. The lowest BCUT2D eigenvalue weighted by molar-refractivity contribution is 1.57. The molecule has 2 aliphatic heterocycles. The Hall–Kier alpha value is -9.19. The molecular formula is C78H56Si2. The van der Waals surface area contributed by atoms with E-state index in [9.17, 15) is 0 Å². The Labute approximate surface area is 470 Å². The van der Waals surface area contributed by atoms with Crippen LogP contribution in [-0.2, 0) is 0 Å². The smallest absolute Gasteiger partial charge is 0.0622 e. The van der Waals surface area contributed by atoms with Crippen molar-refractivity contribution in [2.75, 3.05) is 0 Å². The molecule has 0 saturated carbocycles. The molecule has 2 heterocycles. The van der Waals surface area contributed by atoms with E-state index in [4.69, 9.17) is 0 Å². The van der Waals surface area contributed by atoms with Crippen LogP contribution >= 0.6 is 0 Å².